The van der Waals surface area contributed by atoms with Crippen molar-refractivity contribution in [2.24, 2.45) is 0 Å². The number of ether oxygens (including phenoxy) is 2. The highest BCUT2D eigenvalue weighted by Gasteiger charge is 2.06. The molecule has 0 aliphatic carbocycles. The SMILES string of the molecule is COc1ccc(COc2ccc(Br)cc2CCl)cc1Br. The van der Waals surface area contributed by atoms with Crippen molar-refractivity contribution in [3.63, 3.8) is 0 Å². The van der Waals surface area contributed by atoms with Gasteiger partial charge < -0.3 is 9.47 Å². The van der Waals surface area contributed by atoms with Gasteiger partial charge in [0, 0.05) is 10.0 Å². The molecule has 5 heteroatoms. The van der Waals surface area contributed by atoms with Gasteiger partial charge in [0.05, 0.1) is 17.5 Å². The molecule has 0 radical (unpaired) electrons. The van der Waals surface area contributed by atoms with Gasteiger partial charge >= 0.3 is 0 Å². The predicted octanol–water partition coefficient (Wildman–Crippen LogP) is 5.54. The highest BCUT2D eigenvalue weighted by atomic mass is 79.9. The number of benzene rings is 2. The number of halogens is 3. The Morgan fingerprint density at radius 1 is 1.05 bits per heavy atom. The van der Waals surface area contributed by atoms with E-state index >= 15 is 0 Å². The first kappa shape index (κ1) is 15.7. The second-order valence-corrected chi connectivity index (χ2v) is 6.18. The molecule has 106 valence electrons. The average molecular weight is 421 g/mol. The normalized spacial score (nSPS) is 10.4. The van der Waals surface area contributed by atoms with Gasteiger partial charge in [-0.2, -0.15) is 0 Å². The van der Waals surface area contributed by atoms with Gasteiger partial charge in [0.2, 0.25) is 0 Å². The fourth-order valence-corrected chi connectivity index (χ4v) is 2.96. The van der Waals surface area contributed by atoms with Gasteiger partial charge in [-0.3, -0.25) is 0 Å². The largest absolute Gasteiger partial charge is 0.496 e. The number of methoxy groups -OCH3 is 1. The lowest BCUT2D eigenvalue weighted by Gasteiger charge is -2.11. The molecule has 2 aromatic rings. The molecular weight excluding hydrogens is 407 g/mol. The Bertz CT molecular complexity index is 602. The van der Waals surface area contributed by atoms with Gasteiger partial charge in [-0.25, -0.2) is 0 Å². The van der Waals surface area contributed by atoms with E-state index < -0.39 is 0 Å². The van der Waals surface area contributed by atoms with Crippen LogP contribution < -0.4 is 9.47 Å². The van der Waals surface area contributed by atoms with E-state index in [1.54, 1.807) is 7.11 Å². The molecule has 2 rings (SSSR count). The number of hydrogen-bond acceptors (Lipinski definition) is 2. The standard InChI is InChI=1S/C15H13Br2ClO2/c1-19-15-4-2-10(6-13(15)17)9-20-14-5-3-12(16)7-11(14)8-18/h2-7H,8-9H2,1H3. The van der Waals surface area contributed by atoms with E-state index in [1.165, 1.54) is 0 Å². The second kappa shape index (κ2) is 7.34. The summed E-state index contributed by atoms with van der Waals surface area (Å²) in [6, 6.07) is 11.7. The Labute approximate surface area is 140 Å². The minimum atomic E-state index is 0.418. The summed E-state index contributed by atoms with van der Waals surface area (Å²) in [5.41, 5.74) is 2.02. The Hall–Kier alpha value is -0.710. The minimum Gasteiger partial charge on any atom is -0.496 e. The van der Waals surface area contributed by atoms with Crippen LogP contribution in [-0.4, -0.2) is 7.11 Å². The van der Waals surface area contributed by atoms with Crippen molar-refractivity contribution in [1.29, 1.82) is 0 Å². The predicted molar refractivity (Wildman–Crippen MR) is 88.7 cm³/mol. The van der Waals surface area contributed by atoms with Crippen LogP contribution in [-0.2, 0) is 12.5 Å². The van der Waals surface area contributed by atoms with Gasteiger partial charge in [0.1, 0.15) is 18.1 Å². The van der Waals surface area contributed by atoms with Gasteiger partial charge in [0.25, 0.3) is 0 Å². The molecule has 20 heavy (non-hydrogen) atoms. The maximum Gasteiger partial charge on any atom is 0.133 e. The highest BCUT2D eigenvalue weighted by molar-refractivity contribution is 9.10. The smallest absolute Gasteiger partial charge is 0.133 e. The molecule has 0 unspecified atom stereocenters. The number of alkyl halides is 1. The van der Waals surface area contributed by atoms with E-state index in [2.05, 4.69) is 31.9 Å². The first-order valence-electron chi connectivity index (χ1n) is 5.93. The zero-order chi connectivity index (χ0) is 14.5. The van der Waals surface area contributed by atoms with Crippen LogP contribution in [0.3, 0.4) is 0 Å². The molecule has 2 aromatic carbocycles. The van der Waals surface area contributed by atoms with Crippen LogP contribution in [0.2, 0.25) is 0 Å². The maximum atomic E-state index is 5.93. The molecular formula is C15H13Br2ClO2. The van der Waals surface area contributed by atoms with Gasteiger partial charge in [-0.15, -0.1) is 11.6 Å². The fourth-order valence-electron chi connectivity index (χ4n) is 1.75. The summed E-state index contributed by atoms with van der Waals surface area (Å²) in [5, 5.41) is 0. The first-order chi connectivity index (χ1) is 9.63. The van der Waals surface area contributed by atoms with Crippen LogP contribution in [0.15, 0.2) is 45.3 Å². The van der Waals surface area contributed by atoms with Crippen LogP contribution in [0.1, 0.15) is 11.1 Å². The lowest BCUT2D eigenvalue weighted by atomic mass is 10.2. The van der Waals surface area contributed by atoms with Crippen molar-refractivity contribution in [1.82, 2.24) is 0 Å². The van der Waals surface area contributed by atoms with Gasteiger partial charge in [-0.05, 0) is 51.8 Å². The zero-order valence-corrected chi connectivity index (χ0v) is 14.8. The summed E-state index contributed by atoms with van der Waals surface area (Å²) in [4.78, 5) is 0. The Morgan fingerprint density at radius 3 is 2.45 bits per heavy atom. The minimum absolute atomic E-state index is 0.418. The summed E-state index contributed by atoms with van der Waals surface area (Å²) in [7, 11) is 1.64. The van der Waals surface area contributed by atoms with E-state index in [0.29, 0.717) is 12.5 Å². The Kier molecular flexibility index (Phi) is 5.75. The molecule has 0 aromatic heterocycles. The van der Waals surface area contributed by atoms with Crippen LogP contribution >= 0.6 is 43.5 Å². The van der Waals surface area contributed by atoms with E-state index in [4.69, 9.17) is 21.1 Å². The summed E-state index contributed by atoms with van der Waals surface area (Å²) in [6.07, 6.45) is 0. The third-order valence-corrected chi connectivity index (χ3v) is 4.18. The van der Waals surface area contributed by atoms with E-state index in [-0.39, 0.29) is 0 Å². The van der Waals surface area contributed by atoms with Crippen LogP contribution in [0.25, 0.3) is 0 Å². The fraction of sp³-hybridized carbons (Fsp3) is 0.200. The molecule has 0 saturated carbocycles. The summed E-state index contributed by atoms with van der Waals surface area (Å²) < 4.78 is 12.9. The van der Waals surface area contributed by atoms with Crippen molar-refractivity contribution >= 4 is 43.5 Å². The maximum absolute atomic E-state index is 5.93. The first-order valence-corrected chi connectivity index (χ1v) is 8.05. The molecule has 0 N–H and O–H groups in total. The highest BCUT2D eigenvalue weighted by Crippen LogP contribution is 2.28. The molecule has 0 heterocycles. The third-order valence-electron chi connectivity index (χ3n) is 2.78. The molecule has 0 atom stereocenters. The number of rotatable bonds is 5. The Morgan fingerprint density at radius 2 is 1.80 bits per heavy atom. The molecule has 0 saturated heterocycles. The van der Waals surface area contributed by atoms with E-state index in [9.17, 15) is 0 Å². The molecule has 0 aliphatic heterocycles. The summed E-state index contributed by atoms with van der Waals surface area (Å²) in [5.74, 6) is 2.02. The monoisotopic (exact) mass is 418 g/mol. The van der Waals surface area contributed by atoms with Crippen molar-refractivity contribution < 1.29 is 9.47 Å². The molecule has 0 spiro atoms. The second-order valence-electron chi connectivity index (χ2n) is 4.14. The summed E-state index contributed by atoms with van der Waals surface area (Å²) in [6.45, 7) is 0.480. The quantitative estimate of drug-likeness (QED) is 0.592. The van der Waals surface area contributed by atoms with Gasteiger partial charge in [-0.1, -0.05) is 22.0 Å². The van der Waals surface area contributed by atoms with Crippen LogP contribution in [0, 0.1) is 0 Å². The van der Waals surface area contributed by atoms with E-state index in [0.717, 1.165) is 31.6 Å². The average Bonchev–Trinajstić information content (AvgIpc) is 2.46. The van der Waals surface area contributed by atoms with E-state index in [1.807, 2.05) is 36.4 Å². The van der Waals surface area contributed by atoms with Crippen LogP contribution in [0.5, 0.6) is 11.5 Å². The molecule has 0 fully saturated rings. The van der Waals surface area contributed by atoms with Crippen molar-refractivity contribution in [3.05, 3.63) is 56.5 Å². The van der Waals surface area contributed by atoms with Crippen molar-refractivity contribution in [3.8, 4) is 11.5 Å². The lowest BCUT2D eigenvalue weighted by molar-refractivity contribution is 0.303. The third kappa shape index (κ3) is 3.90. The summed E-state index contributed by atoms with van der Waals surface area (Å²) >= 11 is 12.8. The van der Waals surface area contributed by atoms with Crippen molar-refractivity contribution in [2.75, 3.05) is 7.11 Å². The van der Waals surface area contributed by atoms with Gasteiger partial charge in [0.15, 0.2) is 0 Å². The lowest BCUT2D eigenvalue weighted by Crippen LogP contribution is -1.98. The molecule has 0 bridgehead atoms. The molecule has 2 nitrogen and oxygen atoms in total. The zero-order valence-electron chi connectivity index (χ0n) is 10.8. The Balaban J connectivity index is 2.10. The van der Waals surface area contributed by atoms with Crippen LogP contribution in [0.4, 0.5) is 0 Å². The van der Waals surface area contributed by atoms with Crippen molar-refractivity contribution in [2.45, 2.75) is 12.5 Å². The molecule has 0 amide bonds. The number of hydrogen-bond donors (Lipinski definition) is 0. The topological polar surface area (TPSA) is 18.5 Å². The molecule has 0 aliphatic rings.